The van der Waals surface area contributed by atoms with E-state index in [0.717, 1.165) is 103 Å². The van der Waals surface area contributed by atoms with Crippen LogP contribution in [-0.4, -0.2) is 240 Å². The maximum absolute atomic E-state index is 13.9. The predicted molar refractivity (Wildman–Crippen MR) is 525 cm³/mol. The Hall–Kier alpha value is -12.2. The van der Waals surface area contributed by atoms with Gasteiger partial charge in [-0.25, -0.2) is 28.8 Å². The van der Waals surface area contributed by atoms with Crippen LogP contribution in [0.2, 0.25) is 0 Å². The molecule has 10 atom stereocenters. The number of carboxylic acids is 8. The molecule has 0 saturated carbocycles. The quantitative estimate of drug-likeness (QED) is 0.0274. The maximum atomic E-state index is 13.9. The highest BCUT2D eigenvalue weighted by molar-refractivity contribution is 5.94. The highest BCUT2D eigenvalue weighted by Gasteiger charge is 2.34. The normalized spacial score (nSPS) is 13.3. The summed E-state index contributed by atoms with van der Waals surface area (Å²) >= 11 is 0. The summed E-state index contributed by atoms with van der Waals surface area (Å²) in [7, 11) is 0. The predicted octanol–water partition coefficient (Wildman–Crippen LogP) is 10.2. The molecular formula is C102H158N10O31. The van der Waals surface area contributed by atoms with E-state index in [1.807, 2.05) is 0 Å². The van der Waals surface area contributed by atoms with E-state index in [1.165, 1.54) is 31.2 Å². The summed E-state index contributed by atoms with van der Waals surface area (Å²) in [5.74, 6) is -19.6. The number of unbranched alkanes of at least 4 members (excludes halogenated alkanes) is 20. The molecule has 0 fully saturated rings. The fraction of sp³-hybridized carbons (Fsp3) is 0.676. The van der Waals surface area contributed by atoms with Crippen LogP contribution in [-0.2, 0) is 91.1 Å². The molecule has 0 aliphatic heterocycles. The van der Waals surface area contributed by atoms with Gasteiger partial charge in [0.2, 0.25) is 47.3 Å². The number of Topliss-reactive ketones (excluding diaryl/α,β-unsaturated/α-hetero) is 5. The van der Waals surface area contributed by atoms with E-state index in [9.17, 15) is 131 Å². The van der Waals surface area contributed by atoms with Gasteiger partial charge in [0.25, 0.3) is 0 Å². The molecule has 0 saturated heterocycles. The molecule has 0 heterocycles. The first-order chi connectivity index (χ1) is 67.9. The maximum Gasteiger partial charge on any atom is 0.335 e. The summed E-state index contributed by atoms with van der Waals surface area (Å²) in [6.45, 7) is 8.41. The molecule has 2 aromatic carbocycles. The van der Waals surface area contributed by atoms with E-state index in [1.54, 1.807) is 45.0 Å². The fourth-order valence-electron chi connectivity index (χ4n) is 15.6. The Kier molecular flexibility index (Phi) is 65.5. The van der Waals surface area contributed by atoms with Crippen LogP contribution in [0.15, 0.2) is 48.5 Å². The number of hydrogen-bond donors (Lipinski definition) is 18. The molecule has 0 bridgehead atoms. The largest absolute Gasteiger partial charge is 0.494 e. The van der Waals surface area contributed by atoms with Crippen molar-refractivity contribution in [1.29, 1.82) is 0 Å². The van der Waals surface area contributed by atoms with Crippen LogP contribution in [0.5, 0.6) is 11.5 Å². The summed E-state index contributed by atoms with van der Waals surface area (Å²) in [5, 5.41) is 96.8. The van der Waals surface area contributed by atoms with Gasteiger partial charge in [0.15, 0.2) is 0 Å². The Labute approximate surface area is 836 Å². The van der Waals surface area contributed by atoms with Crippen molar-refractivity contribution in [2.45, 2.75) is 372 Å². The summed E-state index contributed by atoms with van der Waals surface area (Å²) in [4.78, 5) is 262. The number of carboxylic acid groups (broad SMARTS) is 8. The fourth-order valence-corrected chi connectivity index (χ4v) is 15.6. The van der Waals surface area contributed by atoms with Gasteiger partial charge in [0, 0.05) is 120 Å². The molecule has 2 aromatic rings. The molecule has 20 N–H and O–H groups in total. The van der Waals surface area contributed by atoms with Gasteiger partial charge in [-0.15, -0.1) is 0 Å². The molecular weight excluding hydrogens is 1860 g/mol. The van der Waals surface area contributed by atoms with Crippen molar-refractivity contribution in [2.75, 3.05) is 39.4 Å². The average molecular weight is 2020 g/mol. The first-order valence-corrected chi connectivity index (χ1v) is 50.5. The molecule has 0 aromatic heterocycles. The lowest BCUT2D eigenvalue weighted by atomic mass is 9.79. The first-order valence-electron chi connectivity index (χ1n) is 50.5. The Morgan fingerprint density at radius 3 is 0.923 bits per heavy atom. The summed E-state index contributed by atoms with van der Waals surface area (Å²) in [6.07, 6.45) is 15.5. The number of ketones is 5. The summed E-state index contributed by atoms with van der Waals surface area (Å²) in [5.41, 5.74) is 12.0. The number of aromatic carboxylic acids is 2. The number of carbonyl (C=O) groups excluding carboxylic acids is 13. The van der Waals surface area contributed by atoms with Crippen molar-refractivity contribution < 1.29 is 151 Å². The highest BCUT2D eigenvalue weighted by Crippen LogP contribution is 2.29. The lowest BCUT2D eigenvalue weighted by Gasteiger charge is -2.23. The molecule has 802 valence electrons. The zero-order valence-corrected chi connectivity index (χ0v) is 83.7. The number of amides is 8. The third kappa shape index (κ3) is 61.4. The van der Waals surface area contributed by atoms with Crippen LogP contribution in [0, 0.1) is 29.1 Å². The Balaban J connectivity index is 1.64. The molecule has 143 heavy (non-hydrogen) atoms. The van der Waals surface area contributed by atoms with Gasteiger partial charge in [0.05, 0.1) is 48.3 Å². The lowest BCUT2D eigenvalue weighted by molar-refractivity contribution is -0.145. The van der Waals surface area contributed by atoms with E-state index >= 15 is 0 Å². The lowest BCUT2D eigenvalue weighted by Crippen LogP contribution is -2.44. The second-order valence-electron chi connectivity index (χ2n) is 37.9. The highest BCUT2D eigenvalue weighted by atomic mass is 16.5. The van der Waals surface area contributed by atoms with Gasteiger partial charge in [-0.1, -0.05) is 124 Å². The smallest absolute Gasteiger partial charge is 0.335 e. The van der Waals surface area contributed by atoms with Crippen LogP contribution in [0.4, 0.5) is 0 Å². The molecule has 8 amide bonds. The number of nitrogens with two attached hydrogens (primary N) is 2. The van der Waals surface area contributed by atoms with Crippen LogP contribution in [0.1, 0.15) is 357 Å². The number of benzene rings is 2. The number of carbonyl (C=O) groups is 21. The molecule has 0 unspecified atom stereocenters. The third-order valence-corrected chi connectivity index (χ3v) is 24.7. The number of ether oxygens (including phenoxy) is 2. The van der Waals surface area contributed by atoms with Crippen molar-refractivity contribution in [2.24, 2.45) is 40.6 Å². The van der Waals surface area contributed by atoms with Gasteiger partial charge in [-0.05, 0) is 184 Å². The van der Waals surface area contributed by atoms with Crippen LogP contribution >= 0.6 is 0 Å². The van der Waals surface area contributed by atoms with Gasteiger partial charge >= 0.3 is 47.8 Å². The van der Waals surface area contributed by atoms with E-state index < -0.39 is 211 Å². The molecule has 41 nitrogen and oxygen atoms in total. The van der Waals surface area contributed by atoms with Crippen molar-refractivity contribution >= 4 is 124 Å². The van der Waals surface area contributed by atoms with Crippen molar-refractivity contribution in [3.63, 3.8) is 0 Å². The molecule has 0 aliphatic carbocycles. The minimum atomic E-state index is -1.60. The van der Waals surface area contributed by atoms with E-state index in [-0.39, 0.29) is 144 Å². The molecule has 2 rings (SSSR count). The number of hydrogen-bond acceptors (Lipinski definition) is 25. The second kappa shape index (κ2) is 73.8. The molecule has 0 aliphatic rings. The number of aliphatic carboxylic acids is 6. The molecule has 41 heteroatoms. The Morgan fingerprint density at radius 2 is 0.580 bits per heavy atom. The van der Waals surface area contributed by atoms with Crippen LogP contribution < -0.4 is 63.5 Å². The minimum Gasteiger partial charge on any atom is -0.494 e. The SMILES string of the molecule is CC(=O)[C@H](CCCCNC(=O)[C@@H](N)CCCCNC(=O)CC[C@H](CC(=O)CC[C@H](NC(=O)CC[C@H](NC(=O)CCCCCCCCCCCOc1ccc(C(=O)O)cc1)C(=O)O)C(=O)O)C(=O)O)CC(=O)[C@H](CCCCNC(=O)[C@@H](N)CCCCNC(=O)CC[C@H](NC(=O)CC[C@H](NC(=O)CC[C@H](CC(=O)CCCCCCCCCCCOc1ccc(C(=O)O)cc1)C(=O)O)C(=O)O)C(=O)O)CC(=O)C(C)(C)C. The first kappa shape index (κ1) is 127. The van der Waals surface area contributed by atoms with Gasteiger partial charge in [-0.3, -0.25) is 71.9 Å². The zero-order chi connectivity index (χ0) is 107. The van der Waals surface area contributed by atoms with Gasteiger partial charge in [0.1, 0.15) is 64.6 Å². The van der Waals surface area contributed by atoms with Gasteiger partial charge < -0.3 is 104 Å². The standard InChI is InChI=1S/C102H158N10O31/c1-67(113)70(31-21-25-59-107-92(124)78(103)34-23-27-57-105-86(118)52-41-72(96(130)131)64-75(115)43-48-80(98(134)135)110-90(122)55-50-82(100(138)139)109-88(120)36-20-16-12-8-6-10-14-18-30-62-143-77-46-39-69(40-47-77)95(128)129)65-84(116)71(66-85(117)102(2,3)4)32-22-26-60-108-93(125)79(104)35-24-28-58-106-87(119)54-49-81(99(136)137)112-91(123)56-51-83(101(140)141)111-89(121)53-42-73(97(132)133)63-74(114)33-19-15-11-7-5-9-13-17-29-61-142-76-44-37-68(38-45-76)94(126)127/h37-40,44-47,70-73,78-83H,5-36,41-43,48-66,103-104H2,1-4H3,(H,105,118)(H,106,119)(H,107,124)(H,108,125)(H,109,120)(H,110,122)(H,111,121)(H,112,123)(H,126,127)(H,128,129)(H,130,131)(H,132,133)(H,134,135)(H,136,137)(H,138,139)(H,140,141)/t70-,71-,72-,73-,78+,79+,80+,81+,82+,83+/m1/s1. The average Bonchev–Trinajstić information content (AvgIpc) is 0.864. The van der Waals surface area contributed by atoms with Crippen molar-refractivity contribution in [3.8, 4) is 11.5 Å². The van der Waals surface area contributed by atoms with Crippen molar-refractivity contribution in [3.05, 3.63) is 59.7 Å². The van der Waals surface area contributed by atoms with E-state index in [2.05, 4.69) is 42.5 Å². The summed E-state index contributed by atoms with van der Waals surface area (Å²) in [6, 6.07) is 4.50. The Morgan fingerprint density at radius 1 is 0.287 bits per heavy atom. The summed E-state index contributed by atoms with van der Waals surface area (Å²) < 4.78 is 11.3. The Bertz CT molecular complexity index is 4350. The minimum absolute atomic E-state index is 0.0444. The van der Waals surface area contributed by atoms with E-state index in [4.69, 9.17) is 31.2 Å². The number of nitrogens with one attached hydrogen (secondary N) is 8. The van der Waals surface area contributed by atoms with Gasteiger partial charge in [-0.2, -0.15) is 0 Å². The molecule has 0 radical (unpaired) electrons. The second-order valence-corrected chi connectivity index (χ2v) is 37.9. The van der Waals surface area contributed by atoms with Crippen molar-refractivity contribution in [1.82, 2.24) is 42.5 Å². The van der Waals surface area contributed by atoms with Crippen LogP contribution in [0.3, 0.4) is 0 Å². The topological polar surface area (TPSA) is 687 Å². The zero-order valence-electron chi connectivity index (χ0n) is 83.7. The van der Waals surface area contributed by atoms with E-state index in [0.29, 0.717) is 102 Å². The molecule has 0 spiro atoms. The third-order valence-electron chi connectivity index (χ3n) is 24.7. The monoisotopic (exact) mass is 2020 g/mol. The number of rotatable bonds is 88. The van der Waals surface area contributed by atoms with Crippen LogP contribution in [0.25, 0.3) is 0 Å².